The molecule has 1 saturated carbocycles. The second-order valence-electron chi connectivity index (χ2n) is 7.56. The lowest BCUT2D eigenvalue weighted by molar-refractivity contribution is -0.120. The van der Waals surface area contributed by atoms with Crippen LogP contribution >= 0.6 is 11.8 Å². The molecule has 3 aromatic rings. The van der Waals surface area contributed by atoms with Gasteiger partial charge in [-0.1, -0.05) is 41.9 Å². The summed E-state index contributed by atoms with van der Waals surface area (Å²) in [5, 5.41) is 8.06. The first-order valence-corrected chi connectivity index (χ1v) is 10.8. The molecule has 1 N–H and O–H groups in total. The van der Waals surface area contributed by atoms with Crippen molar-refractivity contribution in [1.82, 2.24) is 25.0 Å². The Hall–Kier alpha value is -2.61. The maximum absolute atomic E-state index is 12.8. The Morgan fingerprint density at radius 2 is 2.07 bits per heavy atom. The van der Waals surface area contributed by atoms with E-state index in [1.807, 2.05) is 16.8 Å². The summed E-state index contributed by atoms with van der Waals surface area (Å²) >= 11 is 1.43. The first-order valence-electron chi connectivity index (χ1n) is 9.83. The van der Waals surface area contributed by atoms with Gasteiger partial charge in [-0.3, -0.25) is 9.36 Å². The minimum atomic E-state index is -0.516. The van der Waals surface area contributed by atoms with E-state index in [-0.39, 0.29) is 11.7 Å². The maximum atomic E-state index is 12.8. The molecule has 8 heteroatoms. The molecule has 29 heavy (non-hydrogen) atoms. The number of imidazole rings is 1. The van der Waals surface area contributed by atoms with Crippen LogP contribution in [0, 0.1) is 20.8 Å². The van der Waals surface area contributed by atoms with Gasteiger partial charge in [0, 0.05) is 19.3 Å². The molecule has 0 saturated heterocycles. The fourth-order valence-corrected chi connectivity index (χ4v) is 4.65. The first-order chi connectivity index (χ1) is 14.0. The zero-order valence-corrected chi connectivity index (χ0v) is 17.8. The number of benzene rings is 1. The topological polar surface area (TPSA) is 85.8 Å². The molecule has 7 nitrogen and oxygen atoms in total. The summed E-state index contributed by atoms with van der Waals surface area (Å²) in [6.45, 7) is 5.96. The Morgan fingerprint density at radius 1 is 1.28 bits per heavy atom. The smallest absolute Gasteiger partial charge is 0.231 e. The summed E-state index contributed by atoms with van der Waals surface area (Å²) in [5.41, 5.74) is 3.00. The van der Waals surface area contributed by atoms with Crippen LogP contribution in [0.4, 0.5) is 0 Å². The van der Waals surface area contributed by atoms with E-state index in [1.54, 1.807) is 13.1 Å². The van der Waals surface area contributed by atoms with Crippen molar-refractivity contribution in [1.29, 1.82) is 0 Å². The predicted octanol–water partition coefficient (Wildman–Crippen LogP) is 3.86. The summed E-state index contributed by atoms with van der Waals surface area (Å²) in [6, 6.07) is 6.20. The van der Waals surface area contributed by atoms with Gasteiger partial charge in [0.25, 0.3) is 0 Å². The number of amides is 1. The van der Waals surface area contributed by atoms with Gasteiger partial charge in [0.15, 0.2) is 11.0 Å². The van der Waals surface area contributed by atoms with Crippen LogP contribution in [0.25, 0.3) is 5.69 Å². The lowest BCUT2D eigenvalue weighted by Gasteiger charge is -2.26. The number of carbonyl (C=O) groups is 1. The van der Waals surface area contributed by atoms with Crippen LogP contribution in [-0.4, -0.2) is 31.4 Å². The molecule has 1 fully saturated rings. The Morgan fingerprint density at radius 3 is 2.79 bits per heavy atom. The van der Waals surface area contributed by atoms with Crippen molar-refractivity contribution >= 4 is 17.7 Å². The number of carbonyl (C=O) groups excluding carboxylic acids is 1. The van der Waals surface area contributed by atoms with Crippen LogP contribution in [0.2, 0.25) is 0 Å². The van der Waals surface area contributed by atoms with Crippen LogP contribution in [0.15, 0.2) is 40.3 Å². The highest BCUT2D eigenvalue weighted by Gasteiger charge is 2.41. The number of aryl methyl sites for hydroxylation is 2. The highest BCUT2D eigenvalue weighted by molar-refractivity contribution is 7.99. The molecule has 1 amide bonds. The summed E-state index contributed by atoms with van der Waals surface area (Å²) in [7, 11) is 0. The van der Waals surface area contributed by atoms with E-state index in [0.29, 0.717) is 11.7 Å². The highest BCUT2D eigenvalue weighted by Crippen LogP contribution is 2.37. The molecule has 1 aliphatic rings. The minimum absolute atomic E-state index is 0.0464. The molecular formula is C21H25N5O2S. The number of nitrogens with zero attached hydrogens (tertiary/aromatic N) is 4. The van der Waals surface area contributed by atoms with Gasteiger partial charge < -0.3 is 9.84 Å². The Labute approximate surface area is 174 Å². The van der Waals surface area contributed by atoms with E-state index in [0.717, 1.165) is 36.5 Å². The summed E-state index contributed by atoms with van der Waals surface area (Å²) in [6.07, 6.45) is 7.44. The first kappa shape index (κ1) is 19.7. The largest absolute Gasteiger partial charge is 0.342 e. The quantitative estimate of drug-likeness (QED) is 0.620. The number of aromatic nitrogens is 4. The molecule has 0 spiro atoms. The highest BCUT2D eigenvalue weighted by atomic mass is 32.2. The molecule has 152 valence electrons. The van der Waals surface area contributed by atoms with Gasteiger partial charge in [0.2, 0.25) is 11.8 Å². The van der Waals surface area contributed by atoms with E-state index in [1.165, 1.54) is 22.9 Å². The molecule has 0 bridgehead atoms. The van der Waals surface area contributed by atoms with Crippen molar-refractivity contribution in [2.24, 2.45) is 0 Å². The summed E-state index contributed by atoms with van der Waals surface area (Å²) in [5.74, 6) is 1.34. The zero-order valence-electron chi connectivity index (χ0n) is 16.9. The van der Waals surface area contributed by atoms with Crippen molar-refractivity contribution in [3.05, 3.63) is 53.4 Å². The number of hydrogen-bond acceptors (Lipinski definition) is 6. The minimum Gasteiger partial charge on any atom is -0.342 e. The molecule has 2 aromatic heterocycles. The van der Waals surface area contributed by atoms with Crippen LogP contribution in [-0.2, 0) is 10.3 Å². The number of nitrogens with one attached hydrogen (secondary N) is 1. The van der Waals surface area contributed by atoms with Gasteiger partial charge in [-0.05, 0) is 43.9 Å². The van der Waals surface area contributed by atoms with Crippen molar-refractivity contribution in [3.8, 4) is 5.69 Å². The lowest BCUT2D eigenvalue weighted by atomic mass is 9.96. The average Bonchev–Trinajstić information content (AvgIpc) is 3.44. The molecule has 1 aliphatic carbocycles. The van der Waals surface area contributed by atoms with E-state index >= 15 is 0 Å². The van der Waals surface area contributed by atoms with E-state index < -0.39 is 5.54 Å². The monoisotopic (exact) mass is 411 g/mol. The molecular weight excluding hydrogens is 386 g/mol. The number of hydrogen-bond donors (Lipinski definition) is 1. The fourth-order valence-electron chi connectivity index (χ4n) is 3.89. The molecule has 0 radical (unpaired) electrons. The Bertz CT molecular complexity index is 1020. The van der Waals surface area contributed by atoms with Crippen molar-refractivity contribution < 1.29 is 9.32 Å². The molecule has 0 aliphatic heterocycles. The third-order valence-corrected chi connectivity index (χ3v) is 6.53. The van der Waals surface area contributed by atoms with Crippen LogP contribution < -0.4 is 5.32 Å². The fraction of sp³-hybridized carbons (Fsp3) is 0.429. The normalized spacial score (nSPS) is 15.6. The molecule has 1 aromatic carbocycles. The van der Waals surface area contributed by atoms with Gasteiger partial charge in [-0.2, -0.15) is 4.98 Å². The lowest BCUT2D eigenvalue weighted by Crippen LogP contribution is -2.45. The average molecular weight is 412 g/mol. The van der Waals surface area contributed by atoms with Gasteiger partial charge >= 0.3 is 0 Å². The number of thioether (sulfide) groups is 1. The Balaban J connectivity index is 1.47. The van der Waals surface area contributed by atoms with Crippen molar-refractivity contribution in [3.63, 3.8) is 0 Å². The van der Waals surface area contributed by atoms with Gasteiger partial charge in [0.05, 0.1) is 11.4 Å². The third kappa shape index (κ3) is 3.94. The maximum Gasteiger partial charge on any atom is 0.231 e. The van der Waals surface area contributed by atoms with Crippen molar-refractivity contribution in [2.45, 2.75) is 57.1 Å². The second kappa shape index (κ2) is 8.02. The standard InChI is InChI=1S/C21H25N5O2S/c1-14-7-6-8-17(15(14)2)26-12-11-22-20(26)29-13-18(27)24-21(9-4-5-10-21)19-23-16(3)28-25-19/h6-8,11-12H,4-5,9-10,13H2,1-3H3,(H,24,27). The van der Waals surface area contributed by atoms with E-state index in [9.17, 15) is 4.79 Å². The predicted molar refractivity (Wildman–Crippen MR) is 111 cm³/mol. The van der Waals surface area contributed by atoms with Crippen LogP contribution in [0.1, 0.15) is 48.5 Å². The summed E-state index contributed by atoms with van der Waals surface area (Å²) in [4.78, 5) is 21.6. The van der Waals surface area contributed by atoms with Crippen molar-refractivity contribution in [2.75, 3.05) is 5.75 Å². The van der Waals surface area contributed by atoms with Gasteiger partial charge in [0.1, 0.15) is 5.54 Å². The summed E-state index contributed by atoms with van der Waals surface area (Å²) < 4.78 is 7.19. The van der Waals surface area contributed by atoms with E-state index in [2.05, 4.69) is 46.4 Å². The third-order valence-electron chi connectivity index (χ3n) is 5.57. The molecule has 0 unspecified atom stereocenters. The molecule has 4 rings (SSSR count). The van der Waals surface area contributed by atoms with E-state index in [4.69, 9.17) is 4.52 Å². The Kier molecular flexibility index (Phi) is 5.45. The number of rotatable bonds is 6. The SMILES string of the molecule is Cc1nc(C2(NC(=O)CSc3nccn3-c3cccc(C)c3C)CCCC2)no1. The van der Waals surface area contributed by atoms with Crippen LogP contribution in [0.5, 0.6) is 0 Å². The van der Waals surface area contributed by atoms with Gasteiger partial charge in [-0.15, -0.1) is 0 Å². The van der Waals surface area contributed by atoms with Gasteiger partial charge in [-0.25, -0.2) is 4.98 Å². The second-order valence-corrected chi connectivity index (χ2v) is 8.50. The molecule has 0 atom stereocenters. The molecule has 2 heterocycles. The zero-order chi connectivity index (χ0) is 20.4. The van der Waals surface area contributed by atoms with Crippen LogP contribution in [0.3, 0.4) is 0 Å².